The normalized spacial score (nSPS) is 9.62. The average Bonchev–Trinajstić information content (AvgIpc) is 2.03. The Morgan fingerprint density at radius 1 is 1.62 bits per heavy atom. The SMILES string of the molecule is Cc1ccncc1C=CC(=O)O.Cl. The van der Waals surface area contributed by atoms with E-state index in [0.29, 0.717) is 0 Å². The van der Waals surface area contributed by atoms with Crippen LogP contribution in [0.5, 0.6) is 0 Å². The second-order valence-electron chi connectivity index (χ2n) is 2.40. The van der Waals surface area contributed by atoms with Crippen LogP contribution in [-0.2, 0) is 4.79 Å². The van der Waals surface area contributed by atoms with Crippen molar-refractivity contribution in [2.75, 3.05) is 0 Å². The highest BCUT2D eigenvalue weighted by molar-refractivity contribution is 5.85. The molecular formula is C9H10ClNO2. The molecule has 0 radical (unpaired) electrons. The van der Waals surface area contributed by atoms with E-state index in [4.69, 9.17) is 5.11 Å². The van der Waals surface area contributed by atoms with Crippen LogP contribution in [0.2, 0.25) is 0 Å². The lowest BCUT2D eigenvalue weighted by molar-refractivity contribution is -0.131. The zero-order valence-electron chi connectivity index (χ0n) is 7.10. The van der Waals surface area contributed by atoms with Gasteiger partial charge >= 0.3 is 5.97 Å². The molecule has 1 N–H and O–H groups in total. The summed E-state index contributed by atoms with van der Waals surface area (Å²) in [6.07, 6.45) is 5.94. The predicted octanol–water partition coefficient (Wildman–Crippen LogP) is 1.91. The number of carboxylic acids is 1. The summed E-state index contributed by atoms with van der Waals surface area (Å²) in [7, 11) is 0. The van der Waals surface area contributed by atoms with Gasteiger partial charge in [0.1, 0.15) is 0 Å². The molecule has 0 spiro atoms. The van der Waals surface area contributed by atoms with Gasteiger partial charge in [-0.1, -0.05) is 0 Å². The molecule has 0 aliphatic rings. The molecule has 0 amide bonds. The van der Waals surface area contributed by atoms with Gasteiger partial charge in [0.05, 0.1) is 0 Å². The van der Waals surface area contributed by atoms with Crippen LogP contribution in [0.25, 0.3) is 6.08 Å². The maximum atomic E-state index is 10.2. The van der Waals surface area contributed by atoms with Crippen LogP contribution < -0.4 is 0 Å². The van der Waals surface area contributed by atoms with E-state index in [1.807, 2.05) is 13.0 Å². The third-order valence-corrected chi connectivity index (χ3v) is 1.49. The first kappa shape index (κ1) is 11.6. The molecule has 0 fully saturated rings. The van der Waals surface area contributed by atoms with Crippen LogP contribution >= 0.6 is 12.4 Å². The van der Waals surface area contributed by atoms with Gasteiger partial charge in [-0.3, -0.25) is 4.98 Å². The van der Waals surface area contributed by atoms with E-state index in [1.165, 1.54) is 6.08 Å². The maximum Gasteiger partial charge on any atom is 0.328 e. The number of hydrogen-bond donors (Lipinski definition) is 1. The van der Waals surface area contributed by atoms with Gasteiger partial charge in [-0.05, 0) is 30.2 Å². The number of nitrogens with zero attached hydrogens (tertiary/aromatic N) is 1. The van der Waals surface area contributed by atoms with Gasteiger partial charge < -0.3 is 5.11 Å². The summed E-state index contributed by atoms with van der Waals surface area (Å²) in [5, 5.41) is 8.36. The Balaban J connectivity index is 0.00000144. The molecule has 1 aromatic rings. The largest absolute Gasteiger partial charge is 0.478 e. The summed E-state index contributed by atoms with van der Waals surface area (Å²) < 4.78 is 0. The number of aromatic nitrogens is 1. The smallest absolute Gasteiger partial charge is 0.328 e. The first-order valence-corrected chi connectivity index (χ1v) is 3.52. The van der Waals surface area contributed by atoms with Crippen molar-refractivity contribution >= 4 is 24.5 Å². The lowest BCUT2D eigenvalue weighted by atomic mass is 10.1. The predicted molar refractivity (Wildman–Crippen MR) is 52.9 cm³/mol. The molecule has 4 heteroatoms. The standard InChI is InChI=1S/C9H9NO2.ClH/c1-7-4-5-10-6-8(7)2-3-9(11)12;/h2-6H,1H3,(H,11,12);1H. The van der Waals surface area contributed by atoms with E-state index in [1.54, 1.807) is 12.4 Å². The molecule has 0 aliphatic heterocycles. The Bertz CT molecular complexity index is 323. The fraction of sp³-hybridized carbons (Fsp3) is 0.111. The van der Waals surface area contributed by atoms with Crippen molar-refractivity contribution in [1.82, 2.24) is 4.98 Å². The number of pyridine rings is 1. The molecule has 0 aromatic carbocycles. The number of carbonyl (C=O) groups is 1. The van der Waals surface area contributed by atoms with E-state index >= 15 is 0 Å². The number of rotatable bonds is 2. The second-order valence-corrected chi connectivity index (χ2v) is 2.40. The molecule has 0 saturated heterocycles. The number of aryl methyl sites for hydroxylation is 1. The zero-order chi connectivity index (χ0) is 8.97. The first-order valence-electron chi connectivity index (χ1n) is 3.52. The summed E-state index contributed by atoms with van der Waals surface area (Å²) in [5.41, 5.74) is 1.85. The minimum atomic E-state index is -0.946. The van der Waals surface area contributed by atoms with Crippen molar-refractivity contribution in [2.24, 2.45) is 0 Å². The van der Waals surface area contributed by atoms with Gasteiger partial charge in [0.2, 0.25) is 0 Å². The van der Waals surface area contributed by atoms with Gasteiger partial charge in [0.15, 0.2) is 0 Å². The van der Waals surface area contributed by atoms with Crippen molar-refractivity contribution in [3.8, 4) is 0 Å². The van der Waals surface area contributed by atoms with E-state index in [9.17, 15) is 4.79 Å². The molecule has 0 saturated carbocycles. The molecule has 3 nitrogen and oxygen atoms in total. The van der Waals surface area contributed by atoms with Crippen LogP contribution in [0.4, 0.5) is 0 Å². The molecule has 1 aromatic heterocycles. The van der Waals surface area contributed by atoms with Crippen molar-refractivity contribution in [3.05, 3.63) is 35.7 Å². The van der Waals surface area contributed by atoms with E-state index in [2.05, 4.69) is 4.98 Å². The van der Waals surface area contributed by atoms with Crippen LogP contribution in [0.15, 0.2) is 24.5 Å². The quantitative estimate of drug-likeness (QED) is 0.741. The van der Waals surface area contributed by atoms with Crippen molar-refractivity contribution in [1.29, 1.82) is 0 Å². The summed E-state index contributed by atoms with van der Waals surface area (Å²) in [6, 6.07) is 1.83. The highest BCUT2D eigenvalue weighted by atomic mass is 35.5. The van der Waals surface area contributed by atoms with Gasteiger partial charge in [-0.2, -0.15) is 0 Å². The fourth-order valence-electron chi connectivity index (χ4n) is 0.812. The van der Waals surface area contributed by atoms with Gasteiger partial charge in [0.25, 0.3) is 0 Å². The van der Waals surface area contributed by atoms with E-state index in [-0.39, 0.29) is 12.4 Å². The molecule has 70 valence electrons. The fourth-order valence-corrected chi connectivity index (χ4v) is 0.812. The minimum Gasteiger partial charge on any atom is -0.478 e. The summed E-state index contributed by atoms with van der Waals surface area (Å²) >= 11 is 0. The van der Waals surface area contributed by atoms with Crippen molar-refractivity contribution in [3.63, 3.8) is 0 Å². The van der Waals surface area contributed by atoms with Crippen LogP contribution in [0, 0.1) is 6.92 Å². The minimum absolute atomic E-state index is 0. The Kier molecular flexibility index (Phi) is 4.77. The lowest BCUT2D eigenvalue weighted by Gasteiger charge is -1.95. The van der Waals surface area contributed by atoms with Crippen molar-refractivity contribution < 1.29 is 9.90 Å². The third kappa shape index (κ3) is 3.71. The van der Waals surface area contributed by atoms with Crippen LogP contribution in [0.1, 0.15) is 11.1 Å². The summed E-state index contributed by atoms with van der Waals surface area (Å²) in [6.45, 7) is 1.91. The topological polar surface area (TPSA) is 50.2 Å². The maximum absolute atomic E-state index is 10.2. The molecule has 1 heterocycles. The van der Waals surface area contributed by atoms with Gasteiger partial charge in [0, 0.05) is 18.5 Å². The molecular weight excluding hydrogens is 190 g/mol. The van der Waals surface area contributed by atoms with Crippen molar-refractivity contribution in [2.45, 2.75) is 6.92 Å². The third-order valence-electron chi connectivity index (χ3n) is 1.49. The van der Waals surface area contributed by atoms with E-state index < -0.39 is 5.97 Å². The van der Waals surface area contributed by atoms with Gasteiger partial charge in [-0.25, -0.2) is 4.79 Å². The Labute approximate surface area is 82.5 Å². The number of aliphatic carboxylic acids is 1. The van der Waals surface area contributed by atoms with E-state index in [0.717, 1.165) is 17.2 Å². The molecule has 0 bridgehead atoms. The Hall–Kier alpha value is -1.35. The summed E-state index contributed by atoms with van der Waals surface area (Å²) in [5.74, 6) is -0.946. The Morgan fingerprint density at radius 2 is 2.31 bits per heavy atom. The average molecular weight is 200 g/mol. The van der Waals surface area contributed by atoms with Crippen LogP contribution in [0.3, 0.4) is 0 Å². The zero-order valence-corrected chi connectivity index (χ0v) is 7.91. The summed E-state index contributed by atoms with van der Waals surface area (Å²) in [4.78, 5) is 14.1. The molecule has 0 unspecified atom stereocenters. The second kappa shape index (κ2) is 5.32. The molecule has 0 atom stereocenters. The number of carboxylic acid groups (broad SMARTS) is 1. The molecule has 0 aliphatic carbocycles. The van der Waals surface area contributed by atoms with Crippen LogP contribution in [-0.4, -0.2) is 16.1 Å². The highest BCUT2D eigenvalue weighted by Gasteiger charge is 1.92. The van der Waals surface area contributed by atoms with Gasteiger partial charge in [-0.15, -0.1) is 12.4 Å². The Morgan fingerprint density at radius 3 is 2.85 bits per heavy atom. The monoisotopic (exact) mass is 199 g/mol. The number of hydrogen-bond acceptors (Lipinski definition) is 2. The highest BCUT2D eigenvalue weighted by Crippen LogP contribution is 2.06. The molecule has 1 rings (SSSR count). The first-order chi connectivity index (χ1) is 5.70. The molecule has 13 heavy (non-hydrogen) atoms. The number of halogens is 1. The lowest BCUT2D eigenvalue weighted by Crippen LogP contribution is -1.87.